The fourth-order valence-corrected chi connectivity index (χ4v) is 6.37. The summed E-state index contributed by atoms with van der Waals surface area (Å²) in [6.45, 7) is 0. The van der Waals surface area contributed by atoms with E-state index in [1.54, 1.807) is 0 Å². The third-order valence-corrected chi connectivity index (χ3v) is 9.64. The number of hydrogen-bond donors (Lipinski definition) is 7. The maximum Gasteiger partial charge on any atom is 0.358 e. The Labute approximate surface area is 324 Å². The van der Waals surface area contributed by atoms with Crippen molar-refractivity contribution in [2.75, 3.05) is 12.9 Å². The van der Waals surface area contributed by atoms with Crippen LogP contribution < -0.4 is 4.74 Å². The lowest BCUT2D eigenvalue weighted by molar-refractivity contribution is -0.432. The summed E-state index contributed by atoms with van der Waals surface area (Å²) < 4.78 is 51.7. The van der Waals surface area contributed by atoms with E-state index in [9.17, 15) is 43.0 Å². The lowest BCUT2D eigenvalue weighted by Crippen LogP contribution is -2.02. The van der Waals surface area contributed by atoms with Crippen LogP contribution in [0.25, 0.3) is 16.5 Å². The first-order valence-electron chi connectivity index (χ1n) is 14.5. The summed E-state index contributed by atoms with van der Waals surface area (Å²) in [6, 6.07) is 12.3. The van der Waals surface area contributed by atoms with Gasteiger partial charge in [0.25, 0.3) is 10.1 Å². The van der Waals surface area contributed by atoms with Crippen molar-refractivity contribution in [3.05, 3.63) is 66.4 Å². The number of carbonyl (C=O) groups excluding carboxylic acids is 1. The van der Waals surface area contributed by atoms with Crippen LogP contribution in [0.5, 0.6) is 23.1 Å². The average molecular weight is 855 g/mol. The van der Waals surface area contributed by atoms with E-state index in [2.05, 4.69) is 44.3 Å². The molecule has 23 nitrogen and oxygen atoms in total. The van der Waals surface area contributed by atoms with Crippen molar-refractivity contribution in [3.63, 3.8) is 0 Å². The number of fused-ring (bicyclic) bond motifs is 1. The number of azo groups is 2. The Hall–Kier alpha value is -5.59. The molecule has 1 aromatic heterocycles. The molecule has 0 spiro atoms. The van der Waals surface area contributed by atoms with Crippen molar-refractivity contribution in [1.29, 1.82) is 0 Å². The van der Waals surface area contributed by atoms with Crippen LogP contribution >= 0.6 is 36.1 Å². The van der Waals surface area contributed by atoms with Crippen molar-refractivity contribution in [2.45, 2.75) is 14.7 Å². The molecule has 294 valence electrons. The van der Waals surface area contributed by atoms with Gasteiger partial charge < -0.3 is 29.3 Å². The second kappa shape index (κ2) is 18.4. The highest BCUT2D eigenvalue weighted by Gasteiger charge is 2.25. The van der Waals surface area contributed by atoms with Gasteiger partial charge in [-0.25, -0.2) is 15.3 Å². The molecule has 7 N–H and O–H groups in total. The van der Waals surface area contributed by atoms with Crippen molar-refractivity contribution < 1.29 is 81.2 Å². The summed E-state index contributed by atoms with van der Waals surface area (Å²) in [5.74, 6) is -4.43. The van der Waals surface area contributed by atoms with E-state index in [0.29, 0.717) is 41.5 Å². The van der Waals surface area contributed by atoms with Crippen LogP contribution in [0.15, 0.2) is 95.8 Å². The lowest BCUT2D eigenvalue weighted by Gasteiger charge is -2.11. The molecular weight excluding hydrogens is 833 g/mol. The number of aromatic hydroxyl groups is 3. The molecule has 0 amide bonds. The predicted octanol–water partition coefficient (Wildman–Crippen LogP) is 6.97. The topological polar surface area (TPSA) is 333 Å². The predicted molar refractivity (Wildman–Crippen MR) is 190 cm³/mol. The van der Waals surface area contributed by atoms with Crippen LogP contribution in [0.3, 0.4) is 0 Å². The third-order valence-electron chi connectivity index (χ3n) is 6.87. The molecule has 0 aliphatic carbocycles. The number of carboxylic acid groups (broad SMARTS) is 1. The van der Waals surface area contributed by atoms with E-state index in [0.717, 1.165) is 35.0 Å². The summed E-state index contributed by atoms with van der Waals surface area (Å²) in [7, 11) is -3.25. The molecule has 1 heterocycles. The van der Waals surface area contributed by atoms with E-state index >= 15 is 0 Å². The van der Waals surface area contributed by atoms with Crippen LogP contribution in [-0.4, -0.2) is 78.5 Å². The number of rotatable bonds is 17. The minimum atomic E-state index is -4.53. The first-order valence-corrected chi connectivity index (χ1v) is 18.4. The molecule has 0 aliphatic heterocycles. The second-order valence-corrected chi connectivity index (χ2v) is 13.8. The Morgan fingerprint density at radius 3 is 2.23 bits per heavy atom. The minimum absolute atomic E-state index is 0.0141. The van der Waals surface area contributed by atoms with E-state index in [-0.39, 0.29) is 49.4 Å². The number of benzene rings is 4. The van der Waals surface area contributed by atoms with Crippen molar-refractivity contribution >= 4 is 91.7 Å². The number of methoxy groups -OCH3 is 1. The molecule has 5 aromatic rings. The molecule has 56 heavy (non-hydrogen) atoms. The second-order valence-electron chi connectivity index (χ2n) is 10.2. The highest BCUT2D eigenvalue weighted by molar-refractivity contribution is 7.96. The molecule has 0 fully saturated rings. The zero-order valence-electron chi connectivity index (χ0n) is 27.5. The zero-order valence-corrected chi connectivity index (χ0v) is 30.8. The van der Waals surface area contributed by atoms with Gasteiger partial charge >= 0.3 is 11.9 Å². The largest absolute Gasteiger partial charge is 0.506 e. The monoisotopic (exact) mass is 854 g/mol. The molecular formula is C29H22N6O17S4. The third kappa shape index (κ3) is 9.79. The quantitative estimate of drug-likeness (QED) is 0.0124. The molecule has 0 bridgehead atoms. The first-order chi connectivity index (χ1) is 26.7. The van der Waals surface area contributed by atoms with Crippen LogP contribution in [-0.2, 0) is 37.8 Å². The summed E-state index contributed by atoms with van der Waals surface area (Å²) in [5, 5.41) is 86.7. The number of ether oxygens (including phenoxy) is 1. The number of aromatic carboxylic acids is 1. The minimum Gasteiger partial charge on any atom is -0.506 e. The molecule has 0 atom stereocenters. The Bertz CT molecular complexity index is 2450. The van der Waals surface area contributed by atoms with Gasteiger partial charge in [0.15, 0.2) is 11.4 Å². The highest BCUT2D eigenvalue weighted by atomic mass is 32.2. The number of aromatic nitrogens is 2. The molecule has 27 heteroatoms. The van der Waals surface area contributed by atoms with Crippen LogP contribution in [0.2, 0.25) is 0 Å². The normalized spacial score (nSPS) is 11.9. The SMILES string of the molecule is COc1cc(/N=N\c2c(SOOO)cc3ccc(/N=N\c4c(C(=O)O)nn(-c5ccc(S(=O)(=O)O)cc5)c4O)cc3c2O)c(O)cc1SOC(=O)CSOOO. The standard InChI is InChI=1S/C29H22N6O17S4/c1-47-20-10-18(19(36)11-21(20)54-48-23(37)12-53-51-49-42)31-32-24-22(55-52-50-43)8-13-2-3-14(9-17(13)27(24)38)30-33-25-26(29(40)41)34-35(28(25)39)15-4-6-16(7-5-15)56(44,45)46/h2-11,36,38-39,42-43H,12H2,1H3,(H,40,41)(H,44,45,46)/b32-31-,33-30-. The Balaban J connectivity index is 1.47. The number of nitrogens with zero attached hydrogens (tertiary/aromatic N) is 6. The first kappa shape index (κ1) is 41.6. The van der Waals surface area contributed by atoms with Gasteiger partial charge in [-0.15, -0.1) is 24.0 Å². The van der Waals surface area contributed by atoms with Gasteiger partial charge in [-0.3, -0.25) is 9.35 Å². The fraction of sp³-hybridized carbons (Fsp3) is 0.0690. The number of phenolic OH excluding ortho intramolecular Hbond substituents is 2. The van der Waals surface area contributed by atoms with Gasteiger partial charge in [0, 0.05) is 29.6 Å². The molecule has 4 aromatic carbocycles. The fourth-order valence-electron chi connectivity index (χ4n) is 4.44. The number of carboxylic acids is 1. The number of phenols is 2. The summed E-state index contributed by atoms with van der Waals surface area (Å²) in [4.78, 5) is 23.5. The zero-order chi connectivity index (χ0) is 40.6. The Kier molecular flexibility index (Phi) is 13.6. The van der Waals surface area contributed by atoms with Gasteiger partial charge in [-0.1, -0.05) is 16.1 Å². The molecule has 5 rings (SSSR count). The van der Waals surface area contributed by atoms with Crippen LogP contribution in [0.1, 0.15) is 10.5 Å². The van der Waals surface area contributed by atoms with Crippen molar-refractivity contribution in [3.8, 4) is 28.8 Å². The maximum absolute atomic E-state index is 12.0. The van der Waals surface area contributed by atoms with Gasteiger partial charge in [0.2, 0.25) is 11.6 Å². The van der Waals surface area contributed by atoms with Crippen LogP contribution in [0, 0.1) is 0 Å². The number of carbonyl (C=O) groups is 2. The molecule has 0 unspecified atom stereocenters. The number of hydrogen-bond acceptors (Lipinski definition) is 23. The smallest absolute Gasteiger partial charge is 0.358 e. The lowest BCUT2D eigenvalue weighted by atomic mass is 10.1. The summed E-state index contributed by atoms with van der Waals surface area (Å²) >= 11 is 1.41. The molecule has 0 saturated carbocycles. The van der Waals surface area contributed by atoms with Gasteiger partial charge in [-0.05, 0) is 47.9 Å². The van der Waals surface area contributed by atoms with Crippen molar-refractivity contribution in [2.24, 2.45) is 20.5 Å². The van der Waals surface area contributed by atoms with E-state index < -0.39 is 55.7 Å². The van der Waals surface area contributed by atoms with Crippen molar-refractivity contribution in [1.82, 2.24) is 9.78 Å². The molecule has 0 radical (unpaired) electrons. The van der Waals surface area contributed by atoms with E-state index in [1.807, 2.05) is 0 Å². The maximum atomic E-state index is 12.0. The summed E-state index contributed by atoms with van der Waals surface area (Å²) in [6.07, 6.45) is 0. The highest BCUT2D eigenvalue weighted by Crippen LogP contribution is 2.46. The summed E-state index contributed by atoms with van der Waals surface area (Å²) in [5.41, 5.74) is -1.71. The van der Waals surface area contributed by atoms with Crippen LogP contribution in [0.4, 0.5) is 22.7 Å². The van der Waals surface area contributed by atoms with Gasteiger partial charge in [0.1, 0.15) is 40.7 Å². The van der Waals surface area contributed by atoms with Gasteiger partial charge in [0.05, 0.1) is 45.2 Å². The molecule has 0 saturated heterocycles. The Morgan fingerprint density at radius 2 is 1.57 bits per heavy atom. The van der Waals surface area contributed by atoms with Gasteiger partial charge in [-0.2, -0.15) is 23.3 Å². The van der Waals surface area contributed by atoms with E-state index in [1.165, 1.54) is 37.4 Å². The average Bonchev–Trinajstić information content (AvgIpc) is 3.51. The Morgan fingerprint density at radius 1 is 0.857 bits per heavy atom. The van der Waals surface area contributed by atoms with E-state index in [4.69, 9.17) is 19.4 Å². The molecule has 0 aliphatic rings.